The number of hydrogen-bond acceptors (Lipinski definition) is 8. The van der Waals surface area contributed by atoms with E-state index in [9.17, 15) is 4.79 Å². The Kier molecular flexibility index (Phi) is 6.46. The van der Waals surface area contributed by atoms with Crippen LogP contribution < -0.4 is 16.0 Å². The molecule has 180 valence electrons. The smallest absolute Gasteiger partial charge is 0.253 e. The van der Waals surface area contributed by atoms with E-state index in [-0.39, 0.29) is 24.4 Å². The van der Waals surface area contributed by atoms with Crippen molar-refractivity contribution in [1.29, 1.82) is 0 Å². The van der Waals surface area contributed by atoms with E-state index in [0.29, 0.717) is 51.9 Å². The van der Waals surface area contributed by atoms with E-state index < -0.39 is 0 Å². The molecule has 4 heterocycles. The molecule has 0 bridgehead atoms. The standard InChI is InChI=1S/C24H22Cl2N6O3/c25-18-8-14(15-7-13(4-6-33)9-28-10-15)1-2-17(18)24(34)30-16-3-5-32(12-16)23-21-20(19(26)11-29-23)22(27)31-35-21/h1-2,7-11,16,33H,3-6,12H2,(H2,27,31)(H,30,34)/t16-/m1/s1. The highest BCUT2D eigenvalue weighted by atomic mass is 35.5. The molecule has 5 rings (SSSR count). The maximum Gasteiger partial charge on any atom is 0.253 e. The number of nitrogens with zero attached hydrogens (tertiary/aromatic N) is 4. The average molecular weight is 513 g/mol. The Morgan fingerprint density at radius 2 is 2.06 bits per heavy atom. The SMILES string of the molecule is Nc1noc2c(N3CC[C@@H](NC(=O)c4ccc(-c5cncc(CCO)c5)cc4Cl)C3)ncc(Cl)c12. The molecule has 35 heavy (non-hydrogen) atoms. The monoisotopic (exact) mass is 512 g/mol. The van der Waals surface area contributed by atoms with Gasteiger partial charge >= 0.3 is 0 Å². The van der Waals surface area contributed by atoms with Crippen LogP contribution in [0.5, 0.6) is 0 Å². The number of aliphatic hydroxyl groups is 1. The van der Waals surface area contributed by atoms with E-state index in [4.69, 9.17) is 38.6 Å². The summed E-state index contributed by atoms with van der Waals surface area (Å²) in [5.41, 5.74) is 9.32. The summed E-state index contributed by atoms with van der Waals surface area (Å²) in [6.07, 6.45) is 6.21. The number of amides is 1. The maximum absolute atomic E-state index is 13.0. The number of aromatic nitrogens is 3. The number of aliphatic hydroxyl groups excluding tert-OH is 1. The second-order valence-corrected chi connectivity index (χ2v) is 9.17. The molecule has 11 heteroatoms. The lowest BCUT2D eigenvalue weighted by Gasteiger charge is -2.18. The zero-order valence-electron chi connectivity index (χ0n) is 18.5. The molecule has 1 fully saturated rings. The number of carbonyl (C=O) groups excluding carboxylic acids is 1. The number of pyridine rings is 2. The Labute approximate surface area is 210 Å². The molecular weight excluding hydrogens is 491 g/mol. The van der Waals surface area contributed by atoms with Crippen LogP contribution in [0.2, 0.25) is 10.0 Å². The summed E-state index contributed by atoms with van der Waals surface area (Å²) in [4.78, 5) is 23.6. The van der Waals surface area contributed by atoms with E-state index in [1.165, 1.54) is 6.20 Å². The van der Waals surface area contributed by atoms with Crippen LogP contribution >= 0.6 is 23.2 Å². The molecular formula is C24H22Cl2N6O3. The number of benzene rings is 1. The van der Waals surface area contributed by atoms with E-state index >= 15 is 0 Å². The van der Waals surface area contributed by atoms with Crippen molar-refractivity contribution >= 4 is 51.7 Å². The zero-order chi connectivity index (χ0) is 24.5. The molecule has 0 radical (unpaired) electrons. The quantitative estimate of drug-likeness (QED) is 0.356. The van der Waals surface area contributed by atoms with Crippen LogP contribution in [0.25, 0.3) is 22.1 Å². The molecule has 0 spiro atoms. The predicted molar refractivity (Wildman–Crippen MR) is 135 cm³/mol. The fourth-order valence-corrected chi connectivity index (χ4v) is 4.77. The lowest BCUT2D eigenvalue weighted by Crippen LogP contribution is -2.37. The van der Waals surface area contributed by atoms with Crippen LogP contribution in [0.15, 0.2) is 47.4 Å². The van der Waals surface area contributed by atoms with E-state index in [1.54, 1.807) is 24.5 Å². The molecule has 9 nitrogen and oxygen atoms in total. The topological polar surface area (TPSA) is 130 Å². The zero-order valence-corrected chi connectivity index (χ0v) is 20.1. The molecule has 4 aromatic rings. The third-order valence-electron chi connectivity index (χ3n) is 6.03. The molecule has 1 aromatic carbocycles. The van der Waals surface area contributed by atoms with Crippen LogP contribution in [0.4, 0.5) is 11.6 Å². The summed E-state index contributed by atoms with van der Waals surface area (Å²) >= 11 is 12.7. The Hall–Kier alpha value is -3.40. The van der Waals surface area contributed by atoms with Gasteiger partial charge in [-0.1, -0.05) is 34.4 Å². The number of rotatable bonds is 6. The molecule has 1 atom stereocenters. The Morgan fingerprint density at radius 3 is 2.86 bits per heavy atom. The van der Waals surface area contributed by atoms with Crippen molar-refractivity contribution in [2.45, 2.75) is 18.9 Å². The fraction of sp³-hybridized carbons (Fsp3) is 0.250. The van der Waals surface area contributed by atoms with E-state index in [2.05, 4.69) is 20.4 Å². The highest BCUT2D eigenvalue weighted by molar-refractivity contribution is 6.36. The molecule has 0 unspecified atom stereocenters. The summed E-state index contributed by atoms with van der Waals surface area (Å²) in [6.45, 7) is 1.25. The van der Waals surface area contributed by atoms with Crippen molar-refractivity contribution in [1.82, 2.24) is 20.4 Å². The molecule has 3 aromatic heterocycles. The van der Waals surface area contributed by atoms with E-state index in [1.807, 2.05) is 17.0 Å². The van der Waals surface area contributed by atoms with Gasteiger partial charge in [0.2, 0.25) is 5.58 Å². The molecule has 0 saturated carbocycles. The first-order chi connectivity index (χ1) is 16.9. The van der Waals surface area contributed by atoms with Crippen LogP contribution in [0.1, 0.15) is 22.3 Å². The van der Waals surface area contributed by atoms with Gasteiger partial charge in [-0.05, 0) is 42.2 Å². The van der Waals surface area contributed by atoms with Gasteiger partial charge in [0, 0.05) is 49.9 Å². The van der Waals surface area contributed by atoms with E-state index in [0.717, 1.165) is 23.1 Å². The molecule has 1 amide bonds. The molecule has 4 N–H and O–H groups in total. The molecule has 1 aliphatic rings. The van der Waals surface area contributed by atoms with Crippen molar-refractivity contribution in [3.05, 3.63) is 64.0 Å². The lowest BCUT2D eigenvalue weighted by atomic mass is 10.0. The number of anilines is 2. The molecule has 0 aliphatic carbocycles. The van der Waals surface area contributed by atoms with Crippen LogP contribution in [-0.2, 0) is 6.42 Å². The van der Waals surface area contributed by atoms with Crippen molar-refractivity contribution in [2.75, 3.05) is 30.3 Å². The highest BCUT2D eigenvalue weighted by Crippen LogP contribution is 2.35. The lowest BCUT2D eigenvalue weighted by molar-refractivity contribution is 0.0940. The first-order valence-corrected chi connectivity index (χ1v) is 11.8. The first kappa shape index (κ1) is 23.3. The summed E-state index contributed by atoms with van der Waals surface area (Å²) in [7, 11) is 0. The second kappa shape index (κ2) is 9.69. The van der Waals surface area contributed by atoms with Crippen molar-refractivity contribution in [3.63, 3.8) is 0 Å². The second-order valence-electron chi connectivity index (χ2n) is 8.36. The predicted octanol–water partition coefficient (Wildman–Crippen LogP) is 3.72. The Balaban J connectivity index is 1.29. The Morgan fingerprint density at radius 1 is 1.20 bits per heavy atom. The average Bonchev–Trinajstić information content (AvgIpc) is 3.47. The number of nitrogens with one attached hydrogen (secondary N) is 1. The molecule has 1 aliphatic heterocycles. The van der Waals surface area contributed by atoms with Gasteiger partial charge in [0.25, 0.3) is 5.91 Å². The minimum absolute atomic E-state index is 0.0506. The van der Waals surface area contributed by atoms with Crippen molar-refractivity contribution in [2.24, 2.45) is 0 Å². The van der Waals surface area contributed by atoms with Gasteiger partial charge in [0.15, 0.2) is 11.6 Å². The fourth-order valence-electron chi connectivity index (χ4n) is 4.28. The molecule has 1 saturated heterocycles. The van der Waals surface area contributed by atoms with Gasteiger partial charge in [0.1, 0.15) is 0 Å². The summed E-state index contributed by atoms with van der Waals surface area (Å²) in [6, 6.07) is 7.14. The van der Waals surface area contributed by atoms with Crippen molar-refractivity contribution < 1.29 is 14.4 Å². The van der Waals surface area contributed by atoms with Crippen LogP contribution in [-0.4, -0.2) is 51.9 Å². The normalized spacial score (nSPS) is 15.6. The number of carbonyl (C=O) groups is 1. The third-order valence-corrected chi connectivity index (χ3v) is 6.63. The largest absolute Gasteiger partial charge is 0.396 e. The van der Waals surface area contributed by atoms with Gasteiger partial charge in [-0.2, -0.15) is 0 Å². The summed E-state index contributed by atoms with van der Waals surface area (Å²) in [5, 5.41) is 17.3. The number of halogens is 2. The van der Waals surface area contributed by atoms with Crippen LogP contribution in [0.3, 0.4) is 0 Å². The minimum atomic E-state index is -0.251. The van der Waals surface area contributed by atoms with Gasteiger partial charge in [0.05, 0.1) is 21.0 Å². The summed E-state index contributed by atoms with van der Waals surface area (Å²) in [5.74, 6) is 0.551. The third kappa shape index (κ3) is 4.62. The van der Waals surface area contributed by atoms with Gasteiger partial charge in [-0.25, -0.2) is 4.98 Å². The van der Waals surface area contributed by atoms with Gasteiger partial charge < -0.3 is 25.6 Å². The maximum atomic E-state index is 13.0. The number of hydrogen-bond donors (Lipinski definition) is 3. The van der Waals surface area contributed by atoms with Gasteiger partial charge in [-0.15, -0.1) is 0 Å². The first-order valence-electron chi connectivity index (χ1n) is 11.0. The minimum Gasteiger partial charge on any atom is -0.396 e. The van der Waals surface area contributed by atoms with Crippen LogP contribution in [0, 0.1) is 0 Å². The number of nitrogen functional groups attached to an aromatic ring is 1. The number of fused-ring (bicyclic) bond motifs is 1. The highest BCUT2D eigenvalue weighted by Gasteiger charge is 2.29. The number of nitrogens with two attached hydrogens (primary N) is 1. The van der Waals surface area contributed by atoms with Gasteiger partial charge in [-0.3, -0.25) is 9.78 Å². The summed E-state index contributed by atoms with van der Waals surface area (Å²) < 4.78 is 5.36. The Bertz CT molecular complexity index is 1410. The van der Waals surface area contributed by atoms with Crippen molar-refractivity contribution in [3.8, 4) is 11.1 Å².